The first kappa shape index (κ1) is 20.3. The van der Waals surface area contributed by atoms with Crippen LogP contribution in [0.1, 0.15) is 16.7 Å². The van der Waals surface area contributed by atoms with Crippen LogP contribution in [0.5, 0.6) is 0 Å². The normalized spacial score (nSPS) is 12.3. The van der Waals surface area contributed by atoms with Crippen molar-refractivity contribution in [3.05, 3.63) is 83.6 Å². The predicted molar refractivity (Wildman–Crippen MR) is 120 cm³/mol. The minimum Gasteiger partial charge on any atom is -0.321 e. The number of amides is 1. The summed E-state index contributed by atoms with van der Waals surface area (Å²) in [7, 11) is 0. The van der Waals surface area contributed by atoms with Crippen LogP contribution in [-0.2, 0) is 17.6 Å². The number of nitriles is 1. The molecule has 1 aliphatic rings. The number of halogens is 1. The van der Waals surface area contributed by atoms with Crippen molar-refractivity contribution in [2.24, 2.45) is 0 Å². The molecule has 0 bridgehead atoms. The van der Waals surface area contributed by atoms with Gasteiger partial charge in [-0.3, -0.25) is 9.89 Å². The van der Waals surface area contributed by atoms with Gasteiger partial charge in [0.1, 0.15) is 11.9 Å². The monoisotopic (exact) mass is 439 g/mol. The minimum atomic E-state index is -0.412. The maximum absolute atomic E-state index is 14.0. The lowest BCUT2D eigenvalue weighted by Crippen LogP contribution is -2.31. The zero-order valence-corrected chi connectivity index (χ0v) is 17.4. The van der Waals surface area contributed by atoms with Gasteiger partial charge in [0, 0.05) is 24.5 Å². The Morgan fingerprint density at radius 1 is 1.27 bits per heavy atom. The van der Waals surface area contributed by atoms with Crippen molar-refractivity contribution < 1.29 is 9.18 Å². The Kier molecular flexibility index (Phi) is 5.24. The van der Waals surface area contributed by atoms with Crippen molar-refractivity contribution in [3.63, 3.8) is 0 Å². The molecular weight excluding hydrogens is 421 g/mol. The molecule has 0 saturated carbocycles. The highest BCUT2D eigenvalue weighted by atomic mass is 19.1. The molecule has 162 valence electrons. The summed E-state index contributed by atoms with van der Waals surface area (Å²) in [5.74, 6) is -0.254. The number of carbonyl (C=O) groups is 1. The fourth-order valence-electron chi connectivity index (χ4n) is 3.96. The van der Waals surface area contributed by atoms with E-state index in [0.717, 1.165) is 16.8 Å². The molecule has 0 radical (unpaired) electrons. The Balaban J connectivity index is 1.44. The van der Waals surface area contributed by atoms with Gasteiger partial charge in [0.25, 0.3) is 0 Å². The molecule has 8 nitrogen and oxygen atoms in total. The second kappa shape index (κ2) is 8.51. The van der Waals surface area contributed by atoms with Crippen molar-refractivity contribution in [1.29, 1.82) is 5.26 Å². The van der Waals surface area contributed by atoms with Crippen LogP contribution >= 0.6 is 0 Å². The Labute approximate surface area is 188 Å². The molecule has 0 atom stereocenters. The number of benzene rings is 2. The first-order valence-corrected chi connectivity index (χ1v) is 10.3. The molecule has 2 N–H and O–H groups in total. The van der Waals surface area contributed by atoms with Crippen LogP contribution in [0.15, 0.2) is 61.1 Å². The number of hydrogen-bond acceptors (Lipinski definition) is 6. The van der Waals surface area contributed by atoms with Gasteiger partial charge >= 0.3 is 0 Å². The van der Waals surface area contributed by atoms with Gasteiger partial charge in [-0.1, -0.05) is 18.2 Å². The predicted octanol–water partition coefficient (Wildman–Crippen LogP) is 3.75. The highest BCUT2D eigenvalue weighted by molar-refractivity contribution is 5.98. The number of fused-ring (bicyclic) bond motifs is 1. The average Bonchev–Trinajstić information content (AvgIpc) is 3.50. The van der Waals surface area contributed by atoms with Crippen LogP contribution in [0.3, 0.4) is 0 Å². The lowest BCUT2D eigenvalue weighted by Gasteiger charge is -2.19. The van der Waals surface area contributed by atoms with Crippen LogP contribution in [0.2, 0.25) is 0 Å². The third-order valence-electron chi connectivity index (χ3n) is 5.49. The zero-order valence-electron chi connectivity index (χ0n) is 17.4. The minimum absolute atomic E-state index is 0.0618. The van der Waals surface area contributed by atoms with Crippen LogP contribution in [0.25, 0.3) is 11.3 Å². The van der Waals surface area contributed by atoms with Crippen LogP contribution in [-0.4, -0.2) is 32.6 Å². The molecule has 0 aliphatic carbocycles. The molecule has 3 heterocycles. The SMILES string of the molecule is N#Cc1cc(-c2ccnc(Nc3cn[nH]c3)n2)cc2c1N(C(=O)Cc1ccccc1F)CC2. The number of hydrogen-bond donors (Lipinski definition) is 2. The van der Waals surface area contributed by atoms with Crippen LogP contribution in [0, 0.1) is 17.1 Å². The molecule has 4 aromatic rings. The van der Waals surface area contributed by atoms with E-state index in [1.807, 2.05) is 6.07 Å². The molecule has 9 heteroatoms. The number of aromatic amines is 1. The van der Waals surface area contributed by atoms with Gasteiger partial charge < -0.3 is 10.2 Å². The lowest BCUT2D eigenvalue weighted by molar-refractivity contribution is -0.117. The summed E-state index contributed by atoms with van der Waals surface area (Å²) in [4.78, 5) is 23.3. The number of carbonyl (C=O) groups excluding carboxylic acids is 1. The molecule has 2 aromatic heterocycles. The number of nitrogens with one attached hydrogen (secondary N) is 2. The largest absolute Gasteiger partial charge is 0.321 e. The molecule has 0 saturated heterocycles. The Morgan fingerprint density at radius 3 is 2.94 bits per heavy atom. The van der Waals surface area contributed by atoms with E-state index in [9.17, 15) is 14.4 Å². The fourth-order valence-corrected chi connectivity index (χ4v) is 3.96. The van der Waals surface area contributed by atoms with Gasteiger partial charge in [0.2, 0.25) is 11.9 Å². The molecule has 0 spiro atoms. The maximum Gasteiger partial charge on any atom is 0.231 e. The third kappa shape index (κ3) is 4.02. The lowest BCUT2D eigenvalue weighted by atomic mass is 10.0. The fraction of sp³-hybridized carbons (Fsp3) is 0.125. The van der Waals surface area contributed by atoms with Gasteiger partial charge in [0.15, 0.2) is 0 Å². The van der Waals surface area contributed by atoms with Crippen molar-refractivity contribution in [3.8, 4) is 17.3 Å². The molecular formula is C24H18FN7O. The smallest absolute Gasteiger partial charge is 0.231 e. The molecule has 2 aromatic carbocycles. The summed E-state index contributed by atoms with van der Waals surface area (Å²) in [5, 5.41) is 19.5. The Hall–Kier alpha value is -4.58. The van der Waals surface area contributed by atoms with E-state index >= 15 is 0 Å². The van der Waals surface area contributed by atoms with E-state index in [-0.39, 0.29) is 12.3 Å². The summed E-state index contributed by atoms with van der Waals surface area (Å²) >= 11 is 0. The molecule has 1 aliphatic heterocycles. The van der Waals surface area contributed by atoms with Gasteiger partial charge in [0.05, 0.1) is 35.2 Å². The van der Waals surface area contributed by atoms with E-state index in [0.29, 0.717) is 41.4 Å². The topological polar surface area (TPSA) is 111 Å². The van der Waals surface area contributed by atoms with E-state index in [4.69, 9.17) is 0 Å². The van der Waals surface area contributed by atoms with E-state index in [1.165, 1.54) is 6.07 Å². The second-order valence-corrected chi connectivity index (χ2v) is 7.58. The third-order valence-corrected chi connectivity index (χ3v) is 5.49. The van der Waals surface area contributed by atoms with E-state index in [1.54, 1.807) is 53.8 Å². The van der Waals surface area contributed by atoms with Crippen molar-refractivity contribution >= 4 is 23.2 Å². The molecule has 1 amide bonds. The van der Waals surface area contributed by atoms with Gasteiger partial charge in [-0.2, -0.15) is 10.4 Å². The number of nitrogens with zero attached hydrogens (tertiary/aromatic N) is 5. The summed E-state index contributed by atoms with van der Waals surface area (Å²) in [6, 6.07) is 13.9. The summed E-state index contributed by atoms with van der Waals surface area (Å²) in [6.07, 6.45) is 5.48. The summed E-state index contributed by atoms with van der Waals surface area (Å²) in [5.41, 5.74) is 4.32. The molecule has 0 unspecified atom stereocenters. The molecule has 0 fully saturated rings. The molecule has 33 heavy (non-hydrogen) atoms. The van der Waals surface area contributed by atoms with Crippen molar-refractivity contribution in [1.82, 2.24) is 20.2 Å². The Morgan fingerprint density at radius 2 is 2.15 bits per heavy atom. The van der Waals surface area contributed by atoms with Crippen LogP contribution in [0.4, 0.5) is 21.7 Å². The maximum atomic E-state index is 14.0. The quantitative estimate of drug-likeness (QED) is 0.490. The van der Waals surface area contributed by atoms with E-state index < -0.39 is 5.82 Å². The Bertz CT molecular complexity index is 1380. The number of rotatable bonds is 5. The first-order valence-electron chi connectivity index (χ1n) is 10.3. The molecule has 5 rings (SSSR count). The van der Waals surface area contributed by atoms with Gasteiger partial charge in [-0.15, -0.1) is 0 Å². The van der Waals surface area contributed by atoms with Gasteiger partial charge in [-0.05, 0) is 41.8 Å². The zero-order chi connectivity index (χ0) is 22.8. The van der Waals surface area contributed by atoms with Crippen molar-refractivity contribution in [2.45, 2.75) is 12.8 Å². The first-order chi connectivity index (χ1) is 16.1. The summed E-state index contributed by atoms with van der Waals surface area (Å²) < 4.78 is 14.0. The second-order valence-electron chi connectivity index (χ2n) is 7.58. The number of H-pyrrole nitrogens is 1. The average molecular weight is 439 g/mol. The van der Waals surface area contributed by atoms with Crippen LogP contribution < -0.4 is 10.2 Å². The van der Waals surface area contributed by atoms with Crippen molar-refractivity contribution in [2.75, 3.05) is 16.8 Å². The highest BCUT2D eigenvalue weighted by Gasteiger charge is 2.29. The van der Waals surface area contributed by atoms with E-state index in [2.05, 4.69) is 31.6 Å². The highest BCUT2D eigenvalue weighted by Crippen LogP contribution is 2.36. The number of aromatic nitrogens is 4. The summed E-state index contributed by atoms with van der Waals surface area (Å²) in [6.45, 7) is 0.442. The number of anilines is 3. The van der Waals surface area contributed by atoms with Gasteiger partial charge in [-0.25, -0.2) is 14.4 Å². The standard InChI is InChI=1S/C24H18FN7O/c25-20-4-2-1-3-15(20)11-22(33)32-8-6-16-9-17(10-18(12-26)23(16)32)21-5-7-27-24(31-21)30-19-13-28-29-14-19/h1-5,7,9-10,13-14H,6,8,11H2,(H,28,29)(H,27,30,31).